The van der Waals surface area contributed by atoms with Gasteiger partial charge in [0.05, 0.1) is 6.42 Å². The Hall–Kier alpha value is -1.20. The van der Waals surface area contributed by atoms with Crippen LogP contribution in [0.25, 0.3) is 0 Å². The van der Waals surface area contributed by atoms with Gasteiger partial charge < -0.3 is 10.4 Å². The van der Waals surface area contributed by atoms with Crippen molar-refractivity contribution in [3.05, 3.63) is 0 Å². The highest BCUT2D eigenvalue weighted by atomic mass is 19.3. The molecule has 1 fully saturated rings. The van der Waals surface area contributed by atoms with Gasteiger partial charge in [0.2, 0.25) is 0 Å². The fourth-order valence-electron chi connectivity index (χ4n) is 0.813. The maximum absolute atomic E-state index is 12.3. The summed E-state index contributed by atoms with van der Waals surface area (Å²) in [5, 5.41) is 9.87. The van der Waals surface area contributed by atoms with Crippen LogP contribution in [-0.2, 0) is 9.59 Å². The third kappa shape index (κ3) is 1.28. The third-order valence-electron chi connectivity index (χ3n) is 1.40. The highest BCUT2D eigenvalue weighted by Gasteiger charge is 2.50. The zero-order chi connectivity index (χ0) is 8.65. The van der Waals surface area contributed by atoms with Crippen LogP contribution in [0.3, 0.4) is 0 Å². The summed E-state index contributed by atoms with van der Waals surface area (Å²) in [6.07, 6.45) is -0.957. The summed E-state index contributed by atoms with van der Waals surface area (Å²) < 4.78 is 24.5. The minimum Gasteiger partial charge on any atom is -0.480 e. The molecule has 0 saturated carbocycles. The molecule has 1 rings (SSSR count). The lowest BCUT2D eigenvalue weighted by Gasteiger charge is -2.01. The minimum absolute atomic E-state index is 0.957. The van der Waals surface area contributed by atoms with Gasteiger partial charge in [-0.15, -0.1) is 0 Å². The van der Waals surface area contributed by atoms with Gasteiger partial charge in [-0.3, -0.25) is 4.79 Å². The molecule has 0 radical (unpaired) electrons. The molecule has 1 saturated heterocycles. The molecule has 1 aliphatic rings. The zero-order valence-corrected chi connectivity index (χ0v) is 5.30. The van der Waals surface area contributed by atoms with Crippen LogP contribution in [0.5, 0.6) is 0 Å². The number of carbonyl (C=O) groups is 2. The smallest absolute Gasteiger partial charge is 0.327 e. The van der Waals surface area contributed by atoms with Crippen molar-refractivity contribution in [2.24, 2.45) is 0 Å². The first-order valence-electron chi connectivity index (χ1n) is 2.85. The summed E-state index contributed by atoms with van der Waals surface area (Å²) in [6.45, 7) is 0. The molecule has 1 unspecified atom stereocenters. The molecular weight excluding hydrogens is 160 g/mol. The number of carboxylic acid groups (broad SMARTS) is 1. The SMILES string of the molecule is O=C(O)C1CC(F)(F)C(=O)N1. The van der Waals surface area contributed by atoms with Crippen LogP contribution in [0.1, 0.15) is 6.42 Å². The summed E-state index contributed by atoms with van der Waals surface area (Å²) in [6, 6.07) is -1.45. The molecule has 1 heterocycles. The Morgan fingerprint density at radius 3 is 2.45 bits per heavy atom. The number of halogens is 2. The van der Waals surface area contributed by atoms with Gasteiger partial charge in [0.25, 0.3) is 5.91 Å². The number of hydrogen-bond acceptors (Lipinski definition) is 2. The Bertz CT molecular complexity index is 216. The van der Waals surface area contributed by atoms with E-state index >= 15 is 0 Å². The summed E-state index contributed by atoms with van der Waals surface area (Å²) in [5.41, 5.74) is 0. The predicted octanol–water partition coefficient (Wildman–Crippen LogP) is -0.405. The van der Waals surface area contributed by atoms with Gasteiger partial charge in [0.15, 0.2) is 0 Å². The normalized spacial score (nSPS) is 28.2. The van der Waals surface area contributed by atoms with Crippen LogP contribution in [0.15, 0.2) is 0 Å². The number of carbonyl (C=O) groups excluding carboxylic acids is 1. The molecule has 4 nitrogen and oxygen atoms in total. The Balaban J connectivity index is 2.72. The second-order valence-electron chi connectivity index (χ2n) is 2.27. The van der Waals surface area contributed by atoms with Crippen molar-refractivity contribution >= 4 is 11.9 Å². The van der Waals surface area contributed by atoms with Gasteiger partial charge in [0, 0.05) is 0 Å². The monoisotopic (exact) mass is 165 g/mol. The fraction of sp³-hybridized carbons (Fsp3) is 0.600. The van der Waals surface area contributed by atoms with E-state index in [1.807, 2.05) is 0 Å². The number of nitrogens with one attached hydrogen (secondary N) is 1. The molecule has 0 bridgehead atoms. The first kappa shape index (κ1) is 7.90. The van der Waals surface area contributed by atoms with E-state index in [1.54, 1.807) is 5.32 Å². The van der Waals surface area contributed by atoms with Crippen molar-refractivity contribution in [1.29, 1.82) is 0 Å². The second kappa shape index (κ2) is 2.14. The van der Waals surface area contributed by atoms with Crippen LogP contribution >= 0.6 is 0 Å². The van der Waals surface area contributed by atoms with Crippen LogP contribution in [0.4, 0.5) is 8.78 Å². The Morgan fingerprint density at radius 1 is 1.73 bits per heavy atom. The average Bonchev–Trinajstić information content (AvgIpc) is 2.08. The fourth-order valence-corrected chi connectivity index (χ4v) is 0.813. The van der Waals surface area contributed by atoms with Crippen molar-refractivity contribution in [3.8, 4) is 0 Å². The van der Waals surface area contributed by atoms with Crippen LogP contribution in [0, 0.1) is 0 Å². The van der Waals surface area contributed by atoms with Crippen molar-refractivity contribution in [2.75, 3.05) is 0 Å². The van der Waals surface area contributed by atoms with Gasteiger partial charge in [-0.2, -0.15) is 8.78 Å². The highest BCUT2D eigenvalue weighted by molar-refractivity contribution is 5.92. The summed E-state index contributed by atoms with van der Waals surface area (Å²) >= 11 is 0. The van der Waals surface area contributed by atoms with Gasteiger partial charge in [-0.05, 0) is 0 Å². The number of hydrogen-bond donors (Lipinski definition) is 2. The van der Waals surface area contributed by atoms with Crippen molar-refractivity contribution in [3.63, 3.8) is 0 Å². The molecule has 1 amide bonds. The van der Waals surface area contributed by atoms with Crippen molar-refractivity contribution < 1.29 is 23.5 Å². The lowest BCUT2D eigenvalue weighted by molar-refractivity contribution is -0.140. The van der Waals surface area contributed by atoms with E-state index in [0.29, 0.717) is 0 Å². The van der Waals surface area contributed by atoms with E-state index in [4.69, 9.17) is 5.11 Å². The zero-order valence-electron chi connectivity index (χ0n) is 5.30. The number of amides is 1. The van der Waals surface area contributed by atoms with Crippen LogP contribution < -0.4 is 5.32 Å². The minimum atomic E-state index is -3.52. The Kier molecular flexibility index (Phi) is 1.54. The standard InChI is InChI=1S/C5H5F2NO3/c6-5(7)1-2(3(9)10)8-4(5)11/h2H,1H2,(H,8,11)(H,9,10). The Morgan fingerprint density at radius 2 is 2.27 bits per heavy atom. The van der Waals surface area contributed by atoms with Gasteiger partial charge >= 0.3 is 11.9 Å². The van der Waals surface area contributed by atoms with E-state index in [9.17, 15) is 18.4 Å². The van der Waals surface area contributed by atoms with E-state index in [1.165, 1.54) is 0 Å². The molecule has 0 aromatic heterocycles. The van der Waals surface area contributed by atoms with Crippen LogP contribution in [-0.4, -0.2) is 28.9 Å². The van der Waals surface area contributed by atoms with Gasteiger partial charge in [-0.1, -0.05) is 0 Å². The highest BCUT2D eigenvalue weighted by Crippen LogP contribution is 2.26. The summed E-state index contributed by atoms with van der Waals surface area (Å²) in [4.78, 5) is 20.4. The third-order valence-corrected chi connectivity index (χ3v) is 1.40. The molecular formula is C5H5F2NO3. The molecule has 1 aliphatic heterocycles. The van der Waals surface area contributed by atoms with E-state index < -0.39 is 30.3 Å². The number of alkyl halides is 2. The predicted molar refractivity (Wildman–Crippen MR) is 29.1 cm³/mol. The second-order valence-corrected chi connectivity index (χ2v) is 2.27. The van der Waals surface area contributed by atoms with Crippen molar-refractivity contribution in [1.82, 2.24) is 5.32 Å². The molecule has 0 spiro atoms. The van der Waals surface area contributed by atoms with E-state index in [2.05, 4.69) is 0 Å². The molecule has 62 valence electrons. The van der Waals surface area contributed by atoms with Gasteiger partial charge in [0.1, 0.15) is 6.04 Å². The molecule has 6 heteroatoms. The molecule has 0 aromatic rings. The maximum atomic E-state index is 12.3. The molecule has 0 aromatic carbocycles. The molecule has 11 heavy (non-hydrogen) atoms. The molecule has 0 aliphatic carbocycles. The van der Waals surface area contributed by atoms with Crippen LogP contribution in [0.2, 0.25) is 0 Å². The molecule has 1 atom stereocenters. The maximum Gasteiger partial charge on any atom is 0.327 e. The Labute approximate surface area is 60.2 Å². The van der Waals surface area contributed by atoms with Crippen molar-refractivity contribution in [2.45, 2.75) is 18.4 Å². The van der Waals surface area contributed by atoms with E-state index in [0.717, 1.165) is 0 Å². The quantitative estimate of drug-likeness (QED) is 0.555. The molecule has 2 N–H and O–H groups in total. The van der Waals surface area contributed by atoms with Gasteiger partial charge in [-0.25, -0.2) is 4.79 Å². The lowest BCUT2D eigenvalue weighted by atomic mass is 10.2. The lowest BCUT2D eigenvalue weighted by Crippen LogP contribution is -2.34. The number of carboxylic acids is 1. The number of aliphatic carboxylic acids is 1. The topological polar surface area (TPSA) is 66.4 Å². The first-order valence-corrected chi connectivity index (χ1v) is 2.85. The van der Waals surface area contributed by atoms with E-state index in [-0.39, 0.29) is 0 Å². The summed E-state index contributed by atoms with van der Waals surface area (Å²) in [7, 11) is 0. The largest absolute Gasteiger partial charge is 0.480 e. The first-order chi connectivity index (χ1) is 4.93. The average molecular weight is 165 g/mol. The summed E-state index contributed by atoms with van der Waals surface area (Å²) in [5.74, 6) is -6.47. The number of rotatable bonds is 1.